The lowest BCUT2D eigenvalue weighted by atomic mass is 9.70. The van der Waals surface area contributed by atoms with Gasteiger partial charge in [0.25, 0.3) is 0 Å². The third kappa shape index (κ3) is 4.34. The van der Waals surface area contributed by atoms with Gasteiger partial charge >= 0.3 is 0 Å². The topological polar surface area (TPSA) is 21.7 Å². The van der Waals surface area contributed by atoms with Crippen LogP contribution >= 0.6 is 0 Å². The van der Waals surface area contributed by atoms with Crippen molar-refractivity contribution in [3.63, 3.8) is 0 Å². The first kappa shape index (κ1) is 31.3. The number of rotatable bonds is 4. The second-order valence-corrected chi connectivity index (χ2v) is 15.1. The van der Waals surface area contributed by atoms with Crippen molar-refractivity contribution in [1.29, 1.82) is 0 Å². The number of hydrogen-bond donors (Lipinski definition) is 0. The number of nitrogens with zero attached hydrogens (tertiary/aromatic N) is 1. The molecule has 0 N–H and O–H groups in total. The van der Waals surface area contributed by atoms with Gasteiger partial charge in [-0.15, -0.1) is 0 Å². The summed E-state index contributed by atoms with van der Waals surface area (Å²) in [6.45, 7) is 0. The molecule has 264 valence electrons. The molecule has 3 aliphatic carbocycles. The SMILES string of the molecule is C1=CCCC(c2ccccc2N(c2ccc3ccccc3c2)c2cccc3c2Oc2cc4c(cc2O3)-c2ccccc2C42c3ccccc3-c3ccccc32)=C1. The molecular weight excluding hydrogens is 683 g/mol. The lowest BCUT2D eigenvalue weighted by Crippen LogP contribution is -2.26. The Labute approximate surface area is 326 Å². The highest BCUT2D eigenvalue weighted by Gasteiger charge is 2.52. The predicted molar refractivity (Wildman–Crippen MR) is 228 cm³/mol. The monoisotopic (exact) mass is 717 g/mol. The average Bonchev–Trinajstić information content (AvgIpc) is 3.72. The van der Waals surface area contributed by atoms with Crippen molar-refractivity contribution in [1.82, 2.24) is 0 Å². The van der Waals surface area contributed by atoms with E-state index in [9.17, 15) is 0 Å². The minimum absolute atomic E-state index is 0.477. The molecule has 0 aromatic heterocycles. The van der Waals surface area contributed by atoms with Crippen LogP contribution in [0.3, 0.4) is 0 Å². The zero-order chi connectivity index (χ0) is 36.8. The van der Waals surface area contributed by atoms with Gasteiger partial charge in [0.1, 0.15) is 0 Å². The third-order valence-electron chi connectivity index (χ3n) is 12.2. The first-order valence-electron chi connectivity index (χ1n) is 19.5. The van der Waals surface area contributed by atoms with E-state index in [1.54, 1.807) is 0 Å². The number of anilines is 3. The van der Waals surface area contributed by atoms with Gasteiger partial charge in [-0.05, 0) is 116 Å². The van der Waals surface area contributed by atoms with E-state index in [-0.39, 0.29) is 0 Å². The molecule has 0 atom stereocenters. The summed E-state index contributed by atoms with van der Waals surface area (Å²) in [6, 6.07) is 61.4. The molecule has 3 heteroatoms. The molecule has 3 nitrogen and oxygen atoms in total. The van der Waals surface area contributed by atoms with E-state index in [4.69, 9.17) is 9.47 Å². The number of ether oxygens (including phenoxy) is 2. The maximum absolute atomic E-state index is 7.22. The largest absolute Gasteiger partial charge is 0.449 e. The molecule has 0 fully saturated rings. The highest BCUT2D eigenvalue weighted by Crippen LogP contribution is 2.65. The fourth-order valence-corrected chi connectivity index (χ4v) is 9.84. The van der Waals surface area contributed by atoms with Crippen LogP contribution in [-0.2, 0) is 5.41 Å². The summed E-state index contributed by atoms with van der Waals surface area (Å²) >= 11 is 0. The van der Waals surface area contributed by atoms with Gasteiger partial charge in [-0.2, -0.15) is 0 Å². The zero-order valence-corrected chi connectivity index (χ0v) is 30.6. The fraction of sp³-hybridized carbons (Fsp3) is 0.0566. The quantitative estimate of drug-likeness (QED) is 0.181. The third-order valence-corrected chi connectivity index (χ3v) is 12.2. The Kier molecular flexibility index (Phi) is 6.67. The summed E-state index contributed by atoms with van der Waals surface area (Å²) in [5, 5.41) is 2.38. The lowest BCUT2D eigenvalue weighted by Gasteiger charge is -2.33. The molecule has 1 spiro atoms. The molecule has 8 aromatic carbocycles. The number of para-hydroxylation sites is 2. The minimum atomic E-state index is -0.477. The molecule has 4 aliphatic rings. The first-order valence-corrected chi connectivity index (χ1v) is 19.5. The van der Waals surface area contributed by atoms with Gasteiger partial charge < -0.3 is 14.4 Å². The molecule has 0 amide bonds. The molecule has 56 heavy (non-hydrogen) atoms. The Morgan fingerprint density at radius 3 is 1.80 bits per heavy atom. The Morgan fingerprint density at radius 1 is 0.446 bits per heavy atom. The molecule has 12 rings (SSSR count). The van der Waals surface area contributed by atoms with Crippen molar-refractivity contribution in [2.45, 2.75) is 18.3 Å². The smallest absolute Gasteiger partial charge is 0.194 e. The Morgan fingerprint density at radius 2 is 1.07 bits per heavy atom. The molecular formula is C53H35NO2. The highest BCUT2D eigenvalue weighted by atomic mass is 16.6. The summed E-state index contributed by atoms with van der Waals surface area (Å²) in [7, 11) is 0. The van der Waals surface area contributed by atoms with Gasteiger partial charge in [-0.1, -0.05) is 146 Å². The number of fused-ring (bicyclic) bond motifs is 13. The second kappa shape index (κ2) is 11.9. The van der Waals surface area contributed by atoms with Gasteiger partial charge in [0.15, 0.2) is 23.0 Å². The van der Waals surface area contributed by atoms with Crippen LogP contribution in [0.15, 0.2) is 188 Å². The molecule has 0 bridgehead atoms. The van der Waals surface area contributed by atoms with Gasteiger partial charge in [-0.3, -0.25) is 0 Å². The van der Waals surface area contributed by atoms with Crippen LogP contribution in [0.4, 0.5) is 17.1 Å². The molecule has 0 unspecified atom stereocenters. The van der Waals surface area contributed by atoms with Gasteiger partial charge in [0, 0.05) is 11.3 Å². The van der Waals surface area contributed by atoms with Crippen LogP contribution in [-0.4, -0.2) is 0 Å². The van der Waals surface area contributed by atoms with Gasteiger partial charge in [0.05, 0.1) is 16.8 Å². The van der Waals surface area contributed by atoms with Crippen LogP contribution in [0, 0.1) is 0 Å². The molecule has 8 aromatic rings. The highest BCUT2D eigenvalue weighted by molar-refractivity contribution is 5.97. The zero-order valence-electron chi connectivity index (χ0n) is 30.6. The van der Waals surface area contributed by atoms with Crippen LogP contribution in [0.25, 0.3) is 38.6 Å². The van der Waals surface area contributed by atoms with Crippen molar-refractivity contribution in [3.05, 3.63) is 216 Å². The average molecular weight is 718 g/mol. The number of hydrogen-bond acceptors (Lipinski definition) is 3. The maximum Gasteiger partial charge on any atom is 0.194 e. The Balaban J connectivity index is 1.07. The number of benzene rings is 8. The van der Waals surface area contributed by atoms with Crippen molar-refractivity contribution in [3.8, 4) is 45.3 Å². The Hall–Kier alpha value is -7.10. The summed E-state index contributed by atoms with van der Waals surface area (Å²) in [5.41, 5.74) is 15.2. The first-order chi connectivity index (χ1) is 27.8. The van der Waals surface area contributed by atoms with Crippen LogP contribution in [0.1, 0.15) is 40.7 Å². The summed E-state index contributed by atoms with van der Waals surface area (Å²) < 4.78 is 14.1. The van der Waals surface area contributed by atoms with E-state index in [2.05, 4.69) is 187 Å². The van der Waals surface area contributed by atoms with Crippen molar-refractivity contribution < 1.29 is 9.47 Å². The summed E-state index contributed by atoms with van der Waals surface area (Å²) in [5.74, 6) is 2.81. The van der Waals surface area contributed by atoms with E-state index < -0.39 is 5.41 Å². The minimum Gasteiger partial charge on any atom is -0.449 e. The summed E-state index contributed by atoms with van der Waals surface area (Å²) in [6.07, 6.45) is 8.69. The fourth-order valence-electron chi connectivity index (χ4n) is 9.84. The summed E-state index contributed by atoms with van der Waals surface area (Å²) in [4.78, 5) is 2.35. The van der Waals surface area contributed by atoms with Crippen molar-refractivity contribution in [2.24, 2.45) is 0 Å². The Bertz CT molecular complexity index is 2960. The van der Waals surface area contributed by atoms with Gasteiger partial charge in [-0.25, -0.2) is 0 Å². The maximum atomic E-state index is 7.22. The number of allylic oxidation sites excluding steroid dienone is 4. The molecule has 0 saturated carbocycles. The van der Waals surface area contributed by atoms with E-state index in [0.717, 1.165) is 35.7 Å². The second-order valence-electron chi connectivity index (χ2n) is 15.1. The van der Waals surface area contributed by atoms with Crippen LogP contribution in [0.2, 0.25) is 0 Å². The van der Waals surface area contributed by atoms with Gasteiger partial charge in [0.2, 0.25) is 0 Å². The van der Waals surface area contributed by atoms with E-state index in [1.165, 1.54) is 66.4 Å². The molecule has 1 aliphatic heterocycles. The van der Waals surface area contributed by atoms with E-state index in [1.807, 2.05) is 6.07 Å². The molecule has 0 saturated heterocycles. The normalized spacial score (nSPS) is 14.8. The van der Waals surface area contributed by atoms with Crippen molar-refractivity contribution in [2.75, 3.05) is 4.90 Å². The van der Waals surface area contributed by atoms with Crippen molar-refractivity contribution >= 4 is 33.4 Å². The standard InChI is InChI=1S/C53H35NO2/c1-2-16-35(17-3-1)38-19-9-13-26-47(38)54(37-30-29-34-15-4-5-18-36(34)31-37)48-27-14-28-49-52(48)56-51-33-46-42(32-50(51)55-49)41-22-8-12-25-45(41)53(46)43-23-10-6-20-39(43)40-21-7-11-24-44(40)53/h1-2,4-16,18-33H,3,17H2. The van der Waals surface area contributed by atoms with E-state index in [0.29, 0.717) is 17.2 Å². The molecule has 0 radical (unpaired) electrons. The lowest BCUT2D eigenvalue weighted by molar-refractivity contribution is 0.360. The molecule has 1 heterocycles. The van der Waals surface area contributed by atoms with Crippen LogP contribution < -0.4 is 14.4 Å². The van der Waals surface area contributed by atoms with E-state index >= 15 is 0 Å². The van der Waals surface area contributed by atoms with Crippen LogP contribution in [0.5, 0.6) is 23.0 Å². The predicted octanol–water partition coefficient (Wildman–Crippen LogP) is 14.3.